The fourth-order valence-electron chi connectivity index (χ4n) is 1.22. The lowest BCUT2D eigenvalue weighted by Crippen LogP contribution is -2.44. The van der Waals surface area contributed by atoms with Crippen LogP contribution in [0.2, 0.25) is 0 Å². The van der Waals surface area contributed by atoms with Crippen molar-refractivity contribution in [1.29, 1.82) is 0 Å². The first-order chi connectivity index (χ1) is 4.96. The molecule has 1 atom stereocenters. The van der Waals surface area contributed by atoms with E-state index in [4.69, 9.17) is 5.11 Å². The molecule has 0 rings (SSSR count). The number of carboxylic acids is 1. The van der Waals surface area contributed by atoms with Crippen LogP contribution >= 0.6 is 0 Å². The van der Waals surface area contributed by atoms with Crippen LogP contribution < -0.4 is 5.32 Å². The third-order valence-corrected chi connectivity index (χ3v) is 2.18. The molecule has 0 aromatic carbocycles. The molecule has 0 aromatic rings. The fourth-order valence-corrected chi connectivity index (χ4v) is 1.22. The third-order valence-electron chi connectivity index (χ3n) is 2.18. The smallest absolute Gasteiger partial charge is 0.310 e. The Kier molecular flexibility index (Phi) is 3.52. The second kappa shape index (κ2) is 3.72. The fraction of sp³-hybridized carbons (Fsp3) is 0.875. The quantitative estimate of drug-likeness (QED) is 0.645. The average Bonchev–Trinajstić information content (AvgIpc) is 1.89. The number of carboxylic acid groups (broad SMARTS) is 1. The Labute approximate surface area is 67.8 Å². The Morgan fingerprint density at radius 3 is 2.18 bits per heavy atom. The standard InChI is InChI=1S/C8H17NO2/c1-5-6(9-4)8(2,3)7(10)11/h6,9H,5H2,1-4H3,(H,10,11). The lowest BCUT2D eigenvalue weighted by Gasteiger charge is -2.28. The zero-order valence-corrected chi connectivity index (χ0v) is 7.64. The van der Waals surface area contributed by atoms with E-state index in [1.54, 1.807) is 20.9 Å². The summed E-state index contributed by atoms with van der Waals surface area (Å²) in [6.07, 6.45) is 0.829. The Morgan fingerprint density at radius 2 is 2.09 bits per heavy atom. The predicted octanol–water partition coefficient (Wildman–Crippen LogP) is 1.10. The van der Waals surface area contributed by atoms with Gasteiger partial charge in [0.05, 0.1) is 5.41 Å². The summed E-state index contributed by atoms with van der Waals surface area (Å²) < 4.78 is 0. The number of hydrogen-bond donors (Lipinski definition) is 2. The van der Waals surface area contributed by atoms with E-state index in [0.717, 1.165) is 6.42 Å². The molecule has 0 spiro atoms. The second-order valence-corrected chi connectivity index (χ2v) is 3.28. The average molecular weight is 159 g/mol. The molecule has 3 nitrogen and oxygen atoms in total. The van der Waals surface area contributed by atoms with Gasteiger partial charge in [0.15, 0.2) is 0 Å². The molecule has 0 aliphatic rings. The van der Waals surface area contributed by atoms with Crippen molar-refractivity contribution in [2.45, 2.75) is 33.2 Å². The van der Waals surface area contributed by atoms with Crippen molar-refractivity contribution in [1.82, 2.24) is 5.32 Å². The van der Waals surface area contributed by atoms with Gasteiger partial charge in [-0.3, -0.25) is 4.79 Å². The molecule has 0 aliphatic carbocycles. The van der Waals surface area contributed by atoms with Gasteiger partial charge in [0.25, 0.3) is 0 Å². The summed E-state index contributed by atoms with van der Waals surface area (Å²) in [5, 5.41) is 11.8. The van der Waals surface area contributed by atoms with Crippen molar-refractivity contribution < 1.29 is 9.90 Å². The Bertz CT molecular complexity index is 139. The molecular formula is C8H17NO2. The van der Waals surface area contributed by atoms with E-state index < -0.39 is 11.4 Å². The van der Waals surface area contributed by atoms with E-state index in [-0.39, 0.29) is 6.04 Å². The maximum Gasteiger partial charge on any atom is 0.310 e. The highest BCUT2D eigenvalue weighted by molar-refractivity contribution is 5.74. The van der Waals surface area contributed by atoms with Crippen LogP contribution in [0.25, 0.3) is 0 Å². The third kappa shape index (κ3) is 2.19. The topological polar surface area (TPSA) is 49.3 Å². The van der Waals surface area contributed by atoms with Crippen molar-refractivity contribution in [2.75, 3.05) is 7.05 Å². The van der Waals surface area contributed by atoms with E-state index in [2.05, 4.69) is 5.32 Å². The van der Waals surface area contributed by atoms with E-state index in [1.165, 1.54) is 0 Å². The molecule has 2 N–H and O–H groups in total. The van der Waals surface area contributed by atoms with Crippen molar-refractivity contribution in [2.24, 2.45) is 5.41 Å². The molecule has 0 fully saturated rings. The van der Waals surface area contributed by atoms with Gasteiger partial charge < -0.3 is 10.4 Å². The Balaban J connectivity index is 4.36. The van der Waals surface area contributed by atoms with Gasteiger partial charge in [0.2, 0.25) is 0 Å². The van der Waals surface area contributed by atoms with Crippen LogP contribution in [0.3, 0.4) is 0 Å². The van der Waals surface area contributed by atoms with Crippen LogP contribution in [0.5, 0.6) is 0 Å². The van der Waals surface area contributed by atoms with Crippen LogP contribution in [0.1, 0.15) is 27.2 Å². The van der Waals surface area contributed by atoms with Crippen molar-refractivity contribution >= 4 is 5.97 Å². The molecule has 0 aromatic heterocycles. The molecule has 0 amide bonds. The first kappa shape index (κ1) is 10.4. The highest BCUT2D eigenvalue weighted by Gasteiger charge is 2.34. The largest absolute Gasteiger partial charge is 0.481 e. The van der Waals surface area contributed by atoms with Gasteiger partial charge >= 0.3 is 5.97 Å². The Morgan fingerprint density at radius 1 is 1.64 bits per heavy atom. The summed E-state index contributed by atoms with van der Waals surface area (Å²) >= 11 is 0. The van der Waals surface area contributed by atoms with Crippen LogP contribution in [0, 0.1) is 5.41 Å². The number of nitrogens with one attached hydrogen (secondary N) is 1. The van der Waals surface area contributed by atoms with Crippen molar-refractivity contribution in [3.8, 4) is 0 Å². The number of carbonyl (C=O) groups is 1. The van der Waals surface area contributed by atoms with Gasteiger partial charge in [-0.25, -0.2) is 0 Å². The molecule has 11 heavy (non-hydrogen) atoms. The first-order valence-corrected chi connectivity index (χ1v) is 3.87. The summed E-state index contributed by atoms with van der Waals surface area (Å²) in [6.45, 7) is 5.45. The molecule has 0 aliphatic heterocycles. The first-order valence-electron chi connectivity index (χ1n) is 3.87. The number of rotatable bonds is 4. The SMILES string of the molecule is CCC(NC)C(C)(C)C(=O)O. The summed E-state index contributed by atoms with van der Waals surface area (Å²) in [6, 6.07) is 0.0417. The molecule has 1 unspecified atom stereocenters. The minimum absolute atomic E-state index is 0.0417. The molecule has 0 radical (unpaired) electrons. The molecular weight excluding hydrogens is 142 g/mol. The van der Waals surface area contributed by atoms with Crippen molar-refractivity contribution in [3.63, 3.8) is 0 Å². The maximum absolute atomic E-state index is 10.7. The zero-order chi connectivity index (χ0) is 9.07. The van der Waals surface area contributed by atoms with E-state index in [0.29, 0.717) is 0 Å². The minimum Gasteiger partial charge on any atom is -0.481 e. The normalized spacial score (nSPS) is 14.5. The van der Waals surface area contributed by atoms with Gasteiger partial charge in [-0.2, -0.15) is 0 Å². The molecule has 0 saturated carbocycles. The highest BCUT2D eigenvalue weighted by atomic mass is 16.4. The number of aliphatic carboxylic acids is 1. The highest BCUT2D eigenvalue weighted by Crippen LogP contribution is 2.22. The summed E-state index contributed by atoms with van der Waals surface area (Å²) in [4.78, 5) is 10.7. The van der Waals surface area contributed by atoms with Crippen LogP contribution in [0.4, 0.5) is 0 Å². The van der Waals surface area contributed by atoms with E-state index in [9.17, 15) is 4.79 Å². The molecule has 0 heterocycles. The van der Waals surface area contributed by atoms with Gasteiger partial charge in [-0.05, 0) is 27.3 Å². The van der Waals surface area contributed by atoms with Gasteiger partial charge in [-0.1, -0.05) is 6.92 Å². The van der Waals surface area contributed by atoms with Gasteiger partial charge in [0.1, 0.15) is 0 Å². The Hall–Kier alpha value is -0.570. The lowest BCUT2D eigenvalue weighted by molar-refractivity contribution is -0.148. The van der Waals surface area contributed by atoms with Crippen LogP contribution in [-0.4, -0.2) is 24.2 Å². The van der Waals surface area contributed by atoms with Crippen LogP contribution in [0.15, 0.2) is 0 Å². The summed E-state index contributed by atoms with van der Waals surface area (Å²) in [5.41, 5.74) is -0.677. The lowest BCUT2D eigenvalue weighted by atomic mass is 9.83. The van der Waals surface area contributed by atoms with E-state index >= 15 is 0 Å². The molecule has 0 saturated heterocycles. The zero-order valence-electron chi connectivity index (χ0n) is 7.64. The van der Waals surface area contributed by atoms with Gasteiger partial charge in [0, 0.05) is 6.04 Å². The minimum atomic E-state index is -0.751. The maximum atomic E-state index is 10.7. The second-order valence-electron chi connectivity index (χ2n) is 3.28. The van der Waals surface area contributed by atoms with Crippen LogP contribution in [-0.2, 0) is 4.79 Å². The van der Waals surface area contributed by atoms with Gasteiger partial charge in [-0.15, -0.1) is 0 Å². The monoisotopic (exact) mass is 159 g/mol. The molecule has 3 heteroatoms. The number of hydrogen-bond acceptors (Lipinski definition) is 2. The van der Waals surface area contributed by atoms with Crippen molar-refractivity contribution in [3.05, 3.63) is 0 Å². The van der Waals surface area contributed by atoms with E-state index in [1.807, 2.05) is 6.92 Å². The molecule has 66 valence electrons. The predicted molar refractivity (Wildman–Crippen MR) is 44.6 cm³/mol. The summed E-state index contributed by atoms with van der Waals surface area (Å²) in [7, 11) is 1.79. The summed E-state index contributed by atoms with van der Waals surface area (Å²) in [5.74, 6) is -0.751. The molecule has 0 bridgehead atoms.